The third kappa shape index (κ3) is 7.87. The molecular formula is C34H52F3NO3S3. The number of pyridine rings is 1. The Kier molecular flexibility index (Phi) is 11.6. The molecule has 3 saturated carbocycles. The average Bonchev–Trinajstić information content (AvgIpc) is 3.29. The van der Waals surface area contributed by atoms with Gasteiger partial charge in [-0.15, -0.1) is 0 Å². The van der Waals surface area contributed by atoms with Crippen LogP contribution in [0.4, 0.5) is 13.2 Å². The summed E-state index contributed by atoms with van der Waals surface area (Å²) in [5.74, 6) is 5.61. The number of aryl methyl sites for hydroxylation is 1. The van der Waals surface area contributed by atoms with Gasteiger partial charge in [0.2, 0.25) is 5.03 Å². The van der Waals surface area contributed by atoms with Gasteiger partial charge in [0.1, 0.15) is 7.05 Å². The van der Waals surface area contributed by atoms with Crippen LogP contribution >= 0.6 is 21.6 Å². The molecule has 10 heteroatoms. The number of rotatable bonds is 8. The summed E-state index contributed by atoms with van der Waals surface area (Å²) in [6, 6.07) is 6.55. The van der Waals surface area contributed by atoms with Crippen molar-refractivity contribution in [2.45, 2.75) is 121 Å². The molecule has 0 N–H and O–H groups in total. The Morgan fingerprint density at radius 1 is 1.05 bits per heavy atom. The zero-order valence-electron chi connectivity index (χ0n) is 27.2. The molecule has 0 unspecified atom stereocenters. The fourth-order valence-electron chi connectivity index (χ4n) is 9.45. The van der Waals surface area contributed by atoms with E-state index in [-0.39, 0.29) is 0 Å². The molecule has 0 radical (unpaired) electrons. The van der Waals surface area contributed by atoms with E-state index in [1.807, 2.05) is 16.4 Å². The lowest BCUT2D eigenvalue weighted by Crippen LogP contribution is -2.50. The highest BCUT2D eigenvalue weighted by Gasteiger charge is 2.59. The maximum atomic E-state index is 10.7. The molecule has 1 heterocycles. The summed E-state index contributed by atoms with van der Waals surface area (Å²) in [4.78, 5) is 0. The van der Waals surface area contributed by atoms with Crippen molar-refractivity contribution in [3.63, 3.8) is 0 Å². The summed E-state index contributed by atoms with van der Waals surface area (Å²) >= 11 is 0. The van der Waals surface area contributed by atoms with E-state index in [1.54, 1.807) is 0 Å². The number of fused-ring (bicyclic) bond motifs is 5. The van der Waals surface area contributed by atoms with E-state index < -0.39 is 15.6 Å². The van der Waals surface area contributed by atoms with Crippen molar-refractivity contribution in [3.8, 4) is 0 Å². The summed E-state index contributed by atoms with van der Waals surface area (Å²) in [7, 11) is 0.197. The molecule has 8 atom stereocenters. The lowest BCUT2D eigenvalue weighted by atomic mass is 9.47. The van der Waals surface area contributed by atoms with Crippen molar-refractivity contribution in [2.75, 3.05) is 0 Å². The minimum absolute atomic E-state index is 0.477. The minimum Gasteiger partial charge on any atom is -0.741 e. The van der Waals surface area contributed by atoms with Gasteiger partial charge in [-0.3, -0.25) is 0 Å². The lowest BCUT2D eigenvalue weighted by molar-refractivity contribution is -0.708. The standard InChI is InChI=1S/C33H52NS2.CHF3O3S/c1-23(2)10-9-11-24(3)28-15-16-29-27-14-13-25-22-26(35-36-31-12-7-8-21-34(31)6)17-19-32(25,4)30(27)18-20-33(28,29)5;2-1(3,4)8(5,6)7/h7-8,12-13,21,23-24,26-30H,9-11,14-20,22H2,1-6H3;(H,5,6,7)/q+1;/p-1/t24-,26+,27+,28-,29+,30+,32+,33-;/m1./s1. The Hall–Kier alpha value is -0.710. The van der Waals surface area contributed by atoms with Crippen LogP contribution in [-0.2, 0) is 17.2 Å². The smallest absolute Gasteiger partial charge is 0.485 e. The van der Waals surface area contributed by atoms with Gasteiger partial charge in [-0.1, -0.05) is 76.3 Å². The molecule has 1 aromatic heterocycles. The minimum atomic E-state index is -6.09. The molecule has 0 saturated heterocycles. The second-order valence-electron chi connectivity index (χ2n) is 14.9. The largest absolute Gasteiger partial charge is 0.741 e. The van der Waals surface area contributed by atoms with Crippen LogP contribution in [-0.4, -0.2) is 23.7 Å². The van der Waals surface area contributed by atoms with E-state index in [4.69, 9.17) is 13.0 Å². The van der Waals surface area contributed by atoms with Gasteiger partial charge in [0.05, 0.1) is 0 Å². The molecule has 4 aliphatic carbocycles. The van der Waals surface area contributed by atoms with E-state index in [1.165, 1.54) is 75.7 Å². The Morgan fingerprint density at radius 2 is 1.75 bits per heavy atom. The molecule has 0 spiro atoms. The maximum absolute atomic E-state index is 10.7. The fourth-order valence-corrected chi connectivity index (χ4v) is 12.2. The first-order valence-corrected chi connectivity index (χ1v) is 20.1. The van der Waals surface area contributed by atoms with Gasteiger partial charge < -0.3 is 4.55 Å². The maximum Gasteiger partial charge on any atom is 0.485 e. The normalized spacial score (nSPS) is 34.2. The van der Waals surface area contributed by atoms with E-state index in [0.29, 0.717) is 10.8 Å². The topological polar surface area (TPSA) is 61.1 Å². The van der Waals surface area contributed by atoms with Crippen molar-refractivity contribution >= 4 is 31.7 Å². The molecular weight excluding hydrogens is 624 g/mol. The highest BCUT2D eigenvalue weighted by Crippen LogP contribution is 2.67. The number of nitrogens with zero attached hydrogens (tertiary/aromatic N) is 1. The Balaban J connectivity index is 0.000000488. The van der Waals surface area contributed by atoms with Gasteiger partial charge >= 0.3 is 5.51 Å². The number of halogens is 3. The van der Waals surface area contributed by atoms with Crippen LogP contribution in [0.15, 0.2) is 41.1 Å². The second-order valence-corrected chi connectivity index (χ2v) is 18.8. The predicted molar refractivity (Wildman–Crippen MR) is 174 cm³/mol. The molecule has 0 aromatic carbocycles. The molecule has 4 nitrogen and oxygen atoms in total. The number of aromatic nitrogens is 1. The molecule has 1 aromatic rings. The molecule has 0 bridgehead atoms. The van der Waals surface area contributed by atoms with Crippen LogP contribution in [0, 0.1) is 46.3 Å². The van der Waals surface area contributed by atoms with Crippen molar-refractivity contribution < 1.29 is 30.7 Å². The lowest BCUT2D eigenvalue weighted by Gasteiger charge is -2.58. The van der Waals surface area contributed by atoms with E-state index in [2.05, 4.69) is 87.5 Å². The van der Waals surface area contributed by atoms with Gasteiger partial charge in [-0.25, -0.2) is 8.42 Å². The Bertz CT molecular complexity index is 1270. The summed E-state index contributed by atoms with van der Waals surface area (Å²) in [5, 5.41) is 2.14. The number of allylic oxidation sites excluding steroid dienone is 2. The Morgan fingerprint density at radius 3 is 2.39 bits per heavy atom. The first-order chi connectivity index (χ1) is 20.5. The highest BCUT2D eigenvalue weighted by atomic mass is 33.1. The van der Waals surface area contributed by atoms with E-state index in [0.717, 1.165) is 40.8 Å². The van der Waals surface area contributed by atoms with Crippen molar-refractivity contribution in [1.29, 1.82) is 0 Å². The molecule has 3 fully saturated rings. The van der Waals surface area contributed by atoms with Crippen LogP contribution in [0.25, 0.3) is 0 Å². The van der Waals surface area contributed by atoms with Gasteiger partial charge in [-0.2, -0.15) is 17.7 Å². The van der Waals surface area contributed by atoms with Crippen molar-refractivity contribution in [1.82, 2.24) is 0 Å². The molecule has 250 valence electrons. The van der Waals surface area contributed by atoms with Crippen LogP contribution in [0.3, 0.4) is 0 Å². The van der Waals surface area contributed by atoms with Gasteiger partial charge in [-0.05, 0) is 104 Å². The van der Waals surface area contributed by atoms with Gasteiger partial charge in [0.15, 0.2) is 16.3 Å². The molecule has 0 amide bonds. The van der Waals surface area contributed by atoms with Crippen LogP contribution < -0.4 is 4.57 Å². The van der Waals surface area contributed by atoms with Crippen molar-refractivity contribution in [3.05, 3.63) is 36.0 Å². The fraction of sp³-hybridized carbons (Fsp3) is 0.794. The number of alkyl halides is 3. The van der Waals surface area contributed by atoms with Gasteiger partial charge in [0.25, 0.3) is 0 Å². The summed E-state index contributed by atoms with van der Waals surface area (Å²) in [6.07, 6.45) is 20.8. The zero-order valence-corrected chi connectivity index (χ0v) is 29.7. The summed E-state index contributed by atoms with van der Waals surface area (Å²) < 4.78 is 61.2. The van der Waals surface area contributed by atoms with Crippen molar-refractivity contribution in [2.24, 2.45) is 53.4 Å². The average molecular weight is 676 g/mol. The quantitative estimate of drug-likeness (QED) is 0.0903. The Labute approximate surface area is 272 Å². The first-order valence-electron chi connectivity index (χ1n) is 16.5. The summed E-state index contributed by atoms with van der Waals surface area (Å²) in [6.45, 7) is 12.8. The monoisotopic (exact) mass is 675 g/mol. The highest BCUT2D eigenvalue weighted by molar-refractivity contribution is 8.76. The molecule has 5 rings (SSSR count). The number of hydrogen-bond acceptors (Lipinski definition) is 5. The molecule has 4 aliphatic rings. The van der Waals surface area contributed by atoms with E-state index >= 15 is 0 Å². The molecule has 0 aliphatic heterocycles. The summed E-state index contributed by atoms with van der Waals surface area (Å²) in [5.41, 5.74) is -2.72. The third-order valence-corrected chi connectivity index (χ3v) is 15.4. The van der Waals surface area contributed by atoms with Crippen LogP contribution in [0.1, 0.15) is 105 Å². The van der Waals surface area contributed by atoms with Crippen LogP contribution in [0.5, 0.6) is 0 Å². The predicted octanol–water partition coefficient (Wildman–Crippen LogP) is 9.71. The van der Waals surface area contributed by atoms with E-state index in [9.17, 15) is 13.2 Å². The first kappa shape index (κ1) is 36.1. The molecule has 44 heavy (non-hydrogen) atoms. The second kappa shape index (κ2) is 14.2. The number of hydrogen-bond donors (Lipinski definition) is 0. The third-order valence-electron chi connectivity index (χ3n) is 11.8. The SMILES string of the molecule is CC(C)CCC[C@@H](C)[C@H]1CC[C@H]2[C@@H]3CC=C4C[C@@H](SSc5cccc[n+]5C)CC[C@]4(C)[C@H]3CC[C@]12C.O=S(=O)([O-])C(F)(F)F. The van der Waals surface area contributed by atoms with Gasteiger partial charge in [0, 0.05) is 28.2 Å². The van der Waals surface area contributed by atoms with Crippen LogP contribution in [0.2, 0.25) is 0 Å². The zero-order chi connectivity index (χ0) is 32.5.